The van der Waals surface area contributed by atoms with Crippen LogP contribution in [0.3, 0.4) is 0 Å². The number of rotatable bonds is 3. The molecule has 2 nitrogen and oxygen atoms in total. The molecule has 0 spiro atoms. The van der Waals surface area contributed by atoms with Gasteiger partial charge in [-0.05, 0) is 52.0 Å². The van der Waals surface area contributed by atoms with E-state index in [1.807, 2.05) is 0 Å². The molecular weight excluding hydrogens is 184 g/mol. The van der Waals surface area contributed by atoms with Gasteiger partial charge >= 0.3 is 0 Å². The van der Waals surface area contributed by atoms with Crippen LogP contribution in [0, 0.1) is 5.92 Å². The summed E-state index contributed by atoms with van der Waals surface area (Å²) >= 11 is 0. The quantitative estimate of drug-likeness (QED) is 0.775. The largest absolute Gasteiger partial charge is 0.330 e. The fourth-order valence-corrected chi connectivity index (χ4v) is 3.70. The van der Waals surface area contributed by atoms with Gasteiger partial charge in [-0.3, -0.25) is 4.90 Å². The molecule has 2 rings (SSSR count). The number of hydrogen-bond acceptors (Lipinski definition) is 2. The van der Waals surface area contributed by atoms with Crippen LogP contribution in [0.1, 0.15) is 52.4 Å². The lowest BCUT2D eigenvalue weighted by Gasteiger charge is -2.36. The number of hydrogen-bond donors (Lipinski definition) is 1. The highest BCUT2D eigenvalue weighted by molar-refractivity contribution is 4.97. The second-order valence-corrected chi connectivity index (χ2v) is 6.05. The molecule has 0 radical (unpaired) electrons. The van der Waals surface area contributed by atoms with Crippen molar-refractivity contribution in [2.24, 2.45) is 11.7 Å². The minimum atomic E-state index is 0.425. The van der Waals surface area contributed by atoms with Crippen molar-refractivity contribution in [1.29, 1.82) is 0 Å². The minimum absolute atomic E-state index is 0.425. The van der Waals surface area contributed by atoms with Crippen LogP contribution >= 0.6 is 0 Å². The Bertz CT molecular complexity index is 207. The smallest absolute Gasteiger partial charge is 0.0159 e. The summed E-state index contributed by atoms with van der Waals surface area (Å²) in [6.07, 6.45) is 8.31. The third kappa shape index (κ3) is 2.36. The molecule has 1 aliphatic heterocycles. The van der Waals surface area contributed by atoms with Crippen LogP contribution < -0.4 is 5.73 Å². The van der Waals surface area contributed by atoms with E-state index in [0.717, 1.165) is 18.5 Å². The van der Waals surface area contributed by atoms with Crippen LogP contribution in [-0.2, 0) is 0 Å². The fraction of sp³-hybridized carbons (Fsp3) is 1.00. The second-order valence-electron chi connectivity index (χ2n) is 6.05. The van der Waals surface area contributed by atoms with Gasteiger partial charge in [-0.1, -0.05) is 12.8 Å². The first-order chi connectivity index (χ1) is 7.13. The van der Waals surface area contributed by atoms with Crippen molar-refractivity contribution in [2.45, 2.75) is 64.0 Å². The highest BCUT2D eigenvalue weighted by atomic mass is 15.2. The van der Waals surface area contributed by atoms with Crippen molar-refractivity contribution < 1.29 is 0 Å². The first-order valence-corrected chi connectivity index (χ1v) is 6.60. The summed E-state index contributed by atoms with van der Waals surface area (Å²) < 4.78 is 0. The van der Waals surface area contributed by atoms with Crippen molar-refractivity contribution >= 4 is 0 Å². The molecule has 2 N–H and O–H groups in total. The molecule has 2 fully saturated rings. The Kier molecular flexibility index (Phi) is 3.36. The Labute approximate surface area is 94.2 Å². The van der Waals surface area contributed by atoms with Gasteiger partial charge in [0.05, 0.1) is 0 Å². The van der Waals surface area contributed by atoms with Crippen molar-refractivity contribution in [3.05, 3.63) is 0 Å². The van der Waals surface area contributed by atoms with Crippen LogP contribution in [0.5, 0.6) is 0 Å². The van der Waals surface area contributed by atoms with E-state index in [2.05, 4.69) is 18.7 Å². The molecule has 0 aromatic heterocycles. The standard InChI is InChI=1S/C13H26N2/c1-13(2)9-11(7-8-14)10-15(13)12-5-3-4-6-12/h11-12H,3-10,14H2,1-2H3. The highest BCUT2D eigenvalue weighted by Gasteiger charge is 2.41. The minimum Gasteiger partial charge on any atom is -0.330 e. The molecule has 1 unspecified atom stereocenters. The first-order valence-electron chi connectivity index (χ1n) is 6.60. The third-order valence-electron chi connectivity index (χ3n) is 4.36. The zero-order valence-electron chi connectivity index (χ0n) is 10.3. The van der Waals surface area contributed by atoms with Gasteiger partial charge in [0.25, 0.3) is 0 Å². The second kappa shape index (κ2) is 4.42. The molecule has 0 bridgehead atoms. The van der Waals surface area contributed by atoms with E-state index in [-0.39, 0.29) is 0 Å². The monoisotopic (exact) mass is 210 g/mol. The van der Waals surface area contributed by atoms with E-state index in [9.17, 15) is 0 Å². The molecule has 0 aromatic carbocycles. The van der Waals surface area contributed by atoms with Gasteiger partial charge in [-0.25, -0.2) is 0 Å². The molecule has 1 atom stereocenters. The van der Waals surface area contributed by atoms with E-state index < -0.39 is 0 Å². The normalized spacial score (nSPS) is 32.6. The fourth-order valence-electron chi connectivity index (χ4n) is 3.70. The van der Waals surface area contributed by atoms with Gasteiger partial charge in [-0.2, -0.15) is 0 Å². The summed E-state index contributed by atoms with van der Waals surface area (Å²) in [6.45, 7) is 7.00. The van der Waals surface area contributed by atoms with Crippen LogP contribution in [-0.4, -0.2) is 29.6 Å². The summed E-state index contributed by atoms with van der Waals surface area (Å²) in [5.74, 6) is 0.852. The van der Waals surface area contributed by atoms with E-state index >= 15 is 0 Å². The summed E-state index contributed by atoms with van der Waals surface area (Å²) in [7, 11) is 0. The molecule has 88 valence electrons. The van der Waals surface area contributed by atoms with Gasteiger partial charge in [-0.15, -0.1) is 0 Å². The van der Waals surface area contributed by atoms with E-state index in [4.69, 9.17) is 5.73 Å². The van der Waals surface area contributed by atoms with E-state index in [1.54, 1.807) is 0 Å². The van der Waals surface area contributed by atoms with Gasteiger partial charge in [0, 0.05) is 18.1 Å². The van der Waals surface area contributed by atoms with Crippen molar-refractivity contribution in [1.82, 2.24) is 4.90 Å². The van der Waals surface area contributed by atoms with Crippen molar-refractivity contribution in [3.8, 4) is 0 Å². The Morgan fingerprint density at radius 3 is 2.53 bits per heavy atom. The Hall–Kier alpha value is -0.0800. The number of likely N-dealkylation sites (tertiary alicyclic amines) is 1. The lowest BCUT2D eigenvalue weighted by molar-refractivity contribution is 0.117. The third-order valence-corrected chi connectivity index (χ3v) is 4.36. The Morgan fingerprint density at radius 1 is 1.27 bits per heavy atom. The summed E-state index contributed by atoms with van der Waals surface area (Å²) in [4.78, 5) is 2.78. The average molecular weight is 210 g/mol. The predicted molar refractivity (Wildman–Crippen MR) is 64.8 cm³/mol. The molecule has 1 aliphatic carbocycles. The van der Waals surface area contributed by atoms with Crippen molar-refractivity contribution in [3.63, 3.8) is 0 Å². The molecule has 1 heterocycles. The average Bonchev–Trinajstić information content (AvgIpc) is 2.73. The zero-order valence-corrected chi connectivity index (χ0v) is 10.3. The maximum Gasteiger partial charge on any atom is 0.0159 e. The Balaban J connectivity index is 1.98. The summed E-state index contributed by atoms with van der Waals surface area (Å²) in [5, 5.41) is 0. The summed E-state index contributed by atoms with van der Waals surface area (Å²) in [6, 6.07) is 0.878. The molecule has 15 heavy (non-hydrogen) atoms. The lowest BCUT2D eigenvalue weighted by atomic mass is 9.94. The number of nitrogens with zero attached hydrogens (tertiary/aromatic N) is 1. The van der Waals surface area contributed by atoms with Crippen LogP contribution in [0.25, 0.3) is 0 Å². The predicted octanol–water partition coefficient (Wildman–Crippen LogP) is 2.38. The molecule has 1 saturated carbocycles. The number of nitrogens with two attached hydrogens (primary N) is 1. The lowest BCUT2D eigenvalue weighted by Crippen LogP contribution is -2.44. The maximum atomic E-state index is 5.68. The summed E-state index contributed by atoms with van der Waals surface area (Å²) in [5.41, 5.74) is 6.10. The topological polar surface area (TPSA) is 29.3 Å². The van der Waals surface area contributed by atoms with Gasteiger partial charge in [0.15, 0.2) is 0 Å². The van der Waals surface area contributed by atoms with Crippen LogP contribution in [0.2, 0.25) is 0 Å². The van der Waals surface area contributed by atoms with Crippen molar-refractivity contribution in [2.75, 3.05) is 13.1 Å². The Morgan fingerprint density at radius 2 is 1.93 bits per heavy atom. The molecule has 1 saturated heterocycles. The van der Waals surface area contributed by atoms with Gasteiger partial charge in [0.1, 0.15) is 0 Å². The van der Waals surface area contributed by atoms with Gasteiger partial charge < -0.3 is 5.73 Å². The molecular formula is C13H26N2. The molecule has 0 aromatic rings. The van der Waals surface area contributed by atoms with Crippen LogP contribution in [0.15, 0.2) is 0 Å². The van der Waals surface area contributed by atoms with Crippen LogP contribution in [0.4, 0.5) is 0 Å². The molecule has 0 amide bonds. The van der Waals surface area contributed by atoms with E-state index in [0.29, 0.717) is 5.54 Å². The molecule has 2 aliphatic rings. The highest BCUT2D eigenvalue weighted by Crippen LogP contribution is 2.39. The van der Waals surface area contributed by atoms with Gasteiger partial charge in [0.2, 0.25) is 0 Å². The zero-order chi connectivity index (χ0) is 10.9. The van der Waals surface area contributed by atoms with E-state index in [1.165, 1.54) is 45.1 Å². The maximum absolute atomic E-state index is 5.68. The molecule has 2 heteroatoms. The SMILES string of the molecule is CC1(C)CC(CCN)CN1C1CCCC1. The first kappa shape index (κ1) is 11.4.